The molecule has 0 saturated carbocycles. The van der Waals surface area contributed by atoms with Crippen LogP contribution < -0.4 is 0 Å². The second-order valence-corrected chi connectivity index (χ2v) is 15.7. The third-order valence-corrected chi connectivity index (χ3v) is 12.5. The second-order valence-electron chi connectivity index (χ2n) is 15.7. The van der Waals surface area contributed by atoms with Crippen LogP contribution in [0, 0.1) is 0 Å². The van der Waals surface area contributed by atoms with E-state index in [-0.39, 0.29) is 0 Å². The van der Waals surface area contributed by atoms with Crippen molar-refractivity contribution < 1.29 is 8.83 Å². The van der Waals surface area contributed by atoms with E-state index >= 15 is 0 Å². The first-order chi connectivity index (χ1) is 29.8. The molecule has 14 aromatic rings. The Morgan fingerprint density at radius 1 is 0.383 bits per heavy atom. The van der Waals surface area contributed by atoms with Crippen molar-refractivity contribution in [1.29, 1.82) is 0 Å². The molecule has 6 heteroatoms. The van der Waals surface area contributed by atoms with Crippen molar-refractivity contribution in [3.63, 3.8) is 0 Å². The smallest absolute Gasteiger partial charge is 0.236 e. The summed E-state index contributed by atoms with van der Waals surface area (Å²) in [6.07, 6.45) is 0. The first-order valence-corrected chi connectivity index (χ1v) is 20.2. The Labute approximate surface area is 340 Å². The fourth-order valence-corrected chi connectivity index (χ4v) is 10.0. The largest absolute Gasteiger partial charge is 0.456 e. The van der Waals surface area contributed by atoms with Gasteiger partial charge in [-0.05, 0) is 82.2 Å². The predicted octanol–water partition coefficient (Wildman–Crippen LogP) is 14.4. The summed E-state index contributed by atoms with van der Waals surface area (Å²) in [6, 6.07) is 64.2. The van der Waals surface area contributed by atoms with Gasteiger partial charge in [-0.15, -0.1) is 0 Å². The minimum absolute atomic E-state index is 0.568. The zero-order valence-corrected chi connectivity index (χ0v) is 31.9. The summed E-state index contributed by atoms with van der Waals surface area (Å²) in [5.41, 5.74) is 10.9. The monoisotopic (exact) mass is 766 g/mol. The molecule has 0 radical (unpaired) electrons. The summed E-state index contributed by atoms with van der Waals surface area (Å²) in [7, 11) is 0. The molecular weight excluding hydrogens is 737 g/mol. The number of rotatable bonds is 3. The molecule has 0 atom stereocenters. The molecule has 0 aliphatic carbocycles. The molecule has 0 amide bonds. The van der Waals surface area contributed by atoms with Crippen molar-refractivity contribution in [2.75, 3.05) is 0 Å². The lowest BCUT2D eigenvalue weighted by Crippen LogP contribution is -2.04. The maximum absolute atomic E-state index is 6.69. The third-order valence-electron chi connectivity index (χ3n) is 12.5. The second kappa shape index (κ2) is 11.7. The first kappa shape index (κ1) is 31.8. The van der Waals surface area contributed by atoms with Gasteiger partial charge in [-0.2, -0.15) is 0 Å². The summed E-state index contributed by atoms with van der Waals surface area (Å²) in [5.74, 6) is 0.568. The molecule has 0 fully saturated rings. The number of hydrogen-bond acceptors (Lipinski definition) is 4. The molecule has 6 nitrogen and oxygen atoms in total. The number of furan rings is 2. The van der Waals surface area contributed by atoms with Gasteiger partial charge in [0.25, 0.3) is 0 Å². The number of fused-ring (bicyclic) bond motifs is 18. The summed E-state index contributed by atoms with van der Waals surface area (Å²) >= 11 is 0. The predicted molar refractivity (Wildman–Crippen MR) is 246 cm³/mol. The standard InChI is InChI=1S/C54H30N4O2/c1-2-15-33(16-3-1)57-42-28-26-31-14-4-5-17-34(31)47(42)48-37-20-7-6-19-36(37)46-38-21-8-11-23-41(38)58(51(46)52(48)57)54-55-49(53-50(56-54)39-22-10-13-25-44(39)60-53)32-27-29-45-40(30-32)35-18-9-12-24-43(35)59-45/h1-30H. The van der Waals surface area contributed by atoms with Gasteiger partial charge in [-0.1, -0.05) is 121 Å². The molecule has 5 heterocycles. The van der Waals surface area contributed by atoms with Crippen LogP contribution in [0.3, 0.4) is 0 Å². The summed E-state index contributed by atoms with van der Waals surface area (Å²) in [6.45, 7) is 0. The minimum atomic E-state index is 0.568. The van der Waals surface area contributed by atoms with Gasteiger partial charge in [0.2, 0.25) is 5.95 Å². The topological polar surface area (TPSA) is 61.9 Å². The highest BCUT2D eigenvalue weighted by Crippen LogP contribution is 2.48. The molecule has 0 spiro atoms. The van der Waals surface area contributed by atoms with Gasteiger partial charge in [-0.25, -0.2) is 9.97 Å². The van der Waals surface area contributed by atoms with Crippen LogP contribution in [-0.4, -0.2) is 19.1 Å². The van der Waals surface area contributed by atoms with E-state index in [2.05, 4.69) is 155 Å². The fraction of sp³-hybridized carbons (Fsp3) is 0. The van der Waals surface area contributed by atoms with Crippen LogP contribution in [0.25, 0.3) is 132 Å². The number of aromatic nitrogens is 4. The lowest BCUT2D eigenvalue weighted by Gasteiger charge is -2.14. The quantitative estimate of drug-likeness (QED) is 0.180. The van der Waals surface area contributed by atoms with Gasteiger partial charge in [0, 0.05) is 49.0 Å². The zero-order chi connectivity index (χ0) is 39.1. The normalized spacial score (nSPS) is 12.3. The molecule has 5 aromatic heterocycles. The number of hydrogen-bond donors (Lipinski definition) is 0. The number of para-hydroxylation sites is 4. The Morgan fingerprint density at radius 2 is 1.02 bits per heavy atom. The van der Waals surface area contributed by atoms with Gasteiger partial charge >= 0.3 is 0 Å². The van der Waals surface area contributed by atoms with Gasteiger partial charge < -0.3 is 13.4 Å². The van der Waals surface area contributed by atoms with Gasteiger partial charge in [-0.3, -0.25) is 4.57 Å². The van der Waals surface area contributed by atoms with Crippen molar-refractivity contribution in [2.45, 2.75) is 0 Å². The third kappa shape index (κ3) is 4.16. The summed E-state index contributed by atoms with van der Waals surface area (Å²) < 4.78 is 17.7. The van der Waals surface area contributed by atoms with Crippen LogP contribution in [0.5, 0.6) is 0 Å². The maximum atomic E-state index is 6.69. The molecule has 14 rings (SSSR count). The van der Waals surface area contributed by atoms with E-state index in [1.165, 1.54) is 32.3 Å². The van der Waals surface area contributed by atoms with Crippen molar-refractivity contribution in [3.05, 3.63) is 182 Å². The highest BCUT2D eigenvalue weighted by Gasteiger charge is 2.28. The SMILES string of the molecule is c1ccc(-n2c3ccc4ccccc4c3c3c4ccccc4c4c5ccccc5n(-c5nc(-c6ccc7oc8ccccc8c7c6)c6oc7ccccc7c6n5)c4c32)cc1. The van der Waals surface area contributed by atoms with Crippen molar-refractivity contribution in [2.24, 2.45) is 0 Å². The van der Waals surface area contributed by atoms with E-state index in [1.807, 2.05) is 36.4 Å². The Balaban J connectivity index is 1.22. The molecule has 0 bridgehead atoms. The van der Waals surface area contributed by atoms with Crippen LogP contribution in [-0.2, 0) is 0 Å². The molecule has 0 N–H and O–H groups in total. The molecule has 9 aromatic carbocycles. The van der Waals surface area contributed by atoms with Crippen LogP contribution in [0.4, 0.5) is 0 Å². The van der Waals surface area contributed by atoms with Gasteiger partial charge in [0.1, 0.15) is 28.0 Å². The van der Waals surface area contributed by atoms with E-state index in [0.717, 1.165) is 88.2 Å². The molecule has 0 unspecified atom stereocenters. The molecule has 278 valence electrons. The summed E-state index contributed by atoms with van der Waals surface area (Å²) in [5, 5.41) is 12.5. The van der Waals surface area contributed by atoms with Crippen LogP contribution >= 0.6 is 0 Å². The minimum Gasteiger partial charge on any atom is -0.456 e. The Hall–Kier alpha value is -8.22. The molecular formula is C54H30N4O2. The highest BCUT2D eigenvalue weighted by atomic mass is 16.3. The van der Waals surface area contributed by atoms with Gasteiger partial charge in [0.05, 0.1) is 22.1 Å². The van der Waals surface area contributed by atoms with Crippen LogP contribution in [0.1, 0.15) is 0 Å². The molecule has 60 heavy (non-hydrogen) atoms. The van der Waals surface area contributed by atoms with E-state index in [0.29, 0.717) is 11.5 Å². The first-order valence-electron chi connectivity index (χ1n) is 20.2. The van der Waals surface area contributed by atoms with Crippen LogP contribution in [0.15, 0.2) is 191 Å². The van der Waals surface area contributed by atoms with E-state index in [4.69, 9.17) is 18.8 Å². The number of nitrogens with zero attached hydrogens (tertiary/aromatic N) is 4. The zero-order valence-electron chi connectivity index (χ0n) is 31.9. The molecule has 0 saturated heterocycles. The van der Waals surface area contributed by atoms with E-state index in [1.54, 1.807) is 0 Å². The lowest BCUT2D eigenvalue weighted by atomic mass is 9.96. The average Bonchev–Trinajstić information content (AvgIpc) is 4.07. The van der Waals surface area contributed by atoms with Crippen LogP contribution in [0.2, 0.25) is 0 Å². The fourth-order valence-electron chi connectivity index (χ4n) is 10.0. The number of benzene rings is 9. The van der Waals surface area contributed by atoms with Crippen molar-refractivity contribution in [1.82, 2.24) is 19.1 Å². The van der Waals surface area contributed by atoms with E-state index < -0.39 is 0 Å². The molecule has 0 aliphatic heterocycles. The Kier molecular flexibility index (Phi) is 6.20. The molecule has 0 aliphatic rings. The lowest BCUT2D eigenvalue weighted by molar-refractivity contribution is 0.666. The van der Waals surface area contributed by atoms with Gasteiger partial charge in [0.15, 0.2) is 5.58 Å². The Morgan fingerprint density at radius 3 is 1.85 bits per heavy atom. The summed E-state index contributed by atoms with van der Waals surface area (Å²) in [4.78, 5) is 11.1. The maximum Gasteiger partial charge on any atom is 0.236 e. The average molecular weight is 767 g/mol. The van der Waals surface area contributed by atoms with E-state index in [9.17, 15) is 0 Å². The highest BCUT2D eigenvalue weighted by molar-refractivity contribution is 6.39. The Bertz CT molecular complexity index is 4130. The van der Waals surface area contributed by atoms with Crippen molar-refractivity contribution >= 4 is 109 Å². The van der Waals surface area contributed by atoms with Crippen molar-refractivity contribution in [3.8, 4) is 22.9 Å².